The van der Waals surface area contributed by atoms with E-state index in [9.17, 15) is 9.59 Å². The summed E-state index contributed by atoms with van der Waals surface area (Å²) < 4.78 is 5.56. The van der Waals surface area contributed by atoms with Crippen LogP contribution >= 0.6 is 0 Å². The number of benzene rings is 1. The van der Waals surface area contributed by atoms with E-state index in [1.165, 1.54) is 12.8 Å². The standard InChI is InChI=1S/C16H21NO4/c18-15(11-21-14-6-1-2-7-14)17-13-5-3-4-12(10-13)8-9-16(19)20/h3-5,10,14H,1-2,6-9,11H2,(H,17,18)(H,19,20). The Morgan fingerprint density at radius 2 is 2.05 bits per heavy atom. The van der Waals surface area contributed by atoms with E-state index in [0.717, 1.165) is 18.4 Å². The zero-order chi connectivity index (χ0) is 15.1. The largest absolute Gasteiger partial charge is 0.481 e. The average molecular weight is 291 g/mol. The number of rotatable bonds is 7. The molecule has 0 atom stereocenters. The van der Waals surface area contributed by atoms with Crippen molar-refractivity contribution in [1.82, 2.24) is 0 Å². The Morgan fingerprint density at radius 1 is 1.29 bits per heavy atom. The number of carbonyl (C=O) groups excluding carboxylic acids is 1. The fourth-order valence-electron chi connectivity index (χ4n) is 2.50. The van der Waals surface area contributed by atoms with Crippen LogP contribution in [0.3, 0.4) is 0 Å². The number of carboxylic acid groups (broad SMARTS) is 1. The maximum absolute atomic E-state index is 11.8. The molecule has 0 aromatic heterocycles. The molecule has 2 N–H and O–H groups in total. The molecular formula is C16H21NO4. The molecule has 1 aromatic carbocycles. The Bertz CT molecular complexity index is 495. The summed E-state index contributed by atoms with van der Waals surface area (Å²) in [4.78, 5) is 22.4. The van der Waals surface area contributed by atoms with Gasteiger partial charge in [-0.05, 0) is 37.0 Å². The zero-order valence-electron chi connectivity index (χ0n) is 12.0. The molecule has 0 heterocycles. The van der Waals surface area contributed by atoms with Crippen molar-refractivity contribution in [2.75, 3.05) is 11.9 Å². The van der Waals surface area contributed by atoms with Gasteiger partial charge in [0.25, 0.3) is 0 Å². The summed E-state index contributed by atoms with van der Waals surface area (Å²) in [5.41, 5.74) is 1.57. The van der Waals surface area contributed by atoms with Crippen LogP contribution in [0.2, 0.25) is 0 Å². The predicted molar refractivity (Wildman–Crippen MR) is 79.2 cm³/mol. The maximum atomic E-state index is 11.8. The summed E-state index contributed by atoms with van der Waals surface area (Å²) in [7, 11) is 0. The first-order chi connectivity index (χ1) is 10.1. The monoisotopic (exact) mass is 291 g/mol. The molecule has 1 fully saturated rings. The highest BCUT2D eigenvalue weighted by Crippen LogP contribution is 2.20. The zero-order valence-corrected chi connectivity index (χ0v) is 12.0. The molecule has 1 amide bonds. The molecule has 0 unspecified atom stereocenters. The minimum absolute atomic E-state index is 0.0734. The maximum Gasteiger partial charge on any atom is 0.303 e. The van der Waals surface area contributed by atoms with Gasteiger partial charge in [-0.3, -0.25) is 9.59 Å². The van der Waals surface area contributed by atoms with Gasteiger partial charge in [0, 0.05) is 12.1 Å². The third-order valence-electron chi connectivity index (χ3n) is 3.59. The lowest BCUT2D eigenvalue weighted by atomic mass is 10.1. The van der Waals surface area contributed by atoms with Crippen LogP contribution < -0.4 is 5.32 Å². The minimum atomic E-state index is -0.825. The summed E-state index contributed by atoms with van der Waals surface area (Å²) >= 11 is 0. The molecule has 1 aromatic rings. The van der Waals surface area contributed by atoms with Gasteiger partial charge in [0.2, 0.25) is 5.91 Å². The van der Waals surface area contributed by atoms with Gasteiger partial charge in [-0.15, -0.1) is 0 Å². The number of anilines is 1. The van der Waals surface area contributed by atoms with Gasteiger partial charge < -0.3 is 15.2 Å². The number of aliphatic carboxylic acids is 1. The summed E-state index contributed by atoms with van der Waals surface area (Å²) in [5.74, 6) is -0.994. The number of hydrogen-bond donors (Lipinski definition) is 2. The molecule has 1 aliphatic rings. The van der Waals surface area contributed by atoms with Crippen molar-refractivity contribution in [3.8, 4) is 0 Å². The van der Waals surface area contributed by atoms with Crippen LogP contribution in [-0.4, -0.2) is 29.7 Å². The number of nitrogens with one attached hydrogen (secondary N) is 1. The summed E-state index contributed by atoms with van der Waals surface area (Å²) in [6, 6.07) is 7.26. The molecule has 1 saturated carbocycles. The van der Waals surface area contributed by atoms with E-state index in [1.54, 1.807) is 12.1 Å². The third kappa shape index (κ3) is 5.55. The smallest absolute Gasteiger partial charge is 0.303 e. The van der Waals surface area contributed by atoms with Crippen LogP contribution in [0.4, 0.5) is 5.69 Å². The lowest BCUT2D eigenvalue weighted by molar-refractivity contribution is -0.137. The van der Waals surface area contributed by atoms with Crippen LogP contribution in [0.5, 0.6) is 0 Å². The number of hydrogen-bond acceptors (Lipinski definition) is 3. The SMILES string of the molecule is O=C(O)CCc1cccc(NC(=O)COC2CCCC2)c1. The van der Waals surface area contributed by atoms with Crippen LogP contribution in [0, 0.1) is 0 Å². The highest BCUT2D eigenvalue weighted by molar-refractivity contribution is 5.91. The summed E-state index contributed by atoms with van der Waals surface area (Å²) in [6.45, 7) is 0.0734. The second kappa shape index (κ2) is 7.78. The Labute approximate surface area is 124 Å². The van der Waals surface area contributed by atoms with Crippen molar-refractivity contribution in [1.29, 1.82) is 0 Å². The van der Waals surface area contributed by atoms with E-state index in [2.05, 4.69) is 5.32 Å². The number of carboxylic acids is 1. The van der Waals surface area contributed by atoms with Gasteiger partial charge in [0.1, 0.15) is 6.61 Å². The van der Waals surface area contributed by atoms with E-state index in [0.29, 0.717) is 12.1 Å². The normalized spacial score (nSPS) is 15.0. The lowest BCUT2D eigenvalue weighted by Gasteiger charge is -2.11. The minimum Gasteiger partial charge on any atom is -0.481 e. The number of aryl methyl sites for hydroxylation is 1. The second-order valence-electron chi connectivity index (χ2n) is 5.36. The molecule has 21 heavy (non-hydrogen) atoms. The van der Waals surface area contributed by atoms with Crippen molar-refractivity contribution in [2.24, 2.45) is 0 Å². The quantitative estimate of drug-likeness (QED) is 0.809. The Balaban J connectivity index is 1.79. The molecule has 5 nitrogen and oxygen atoms in total. The summed E-state index contributed by atoms with van der Waals surface area (Å²) in [6.07, 6.45) is 5.20. The van der Waals surface area contributed by atoms with Gasteiger partial charge in [-0.1, -0.05) is 25.0 Å². The lowest BCUT2D eigenvalue weighted by Crippen LogP contribution is -2.21. The number of ether oxygens (including phenoxy) is 1. The fraction of sp³-hybridized carbons (Fsp3) is 0.500. The molecule has 2 rings (SSSR count). The Hall–Kier alpha value is -1.88. The Morgan fingerprint density at radius 3 is 2.76 bits per heavy atom. The van der Waals surface area contributed by atoms with E-state index >= 15 is 0 Å². The molecule has 0 aliphatic heterocycles. The van der Waals surface area contributed by atoms with Crippen molar-refractivity contribution in [3.63, 3.8) is 0 Å². The van der Waals surface area contributed by atoms with Gasteiger partial charge in [0.05, 0.1) is 6.10 Å². The summed E-state index contributed by atoms with van der Waals surface area (Å²) in [5, 5.41) is 11.5. The molecular weight excluding hydrogens is 270 g/mol. The fourth-order valence-corrected chi connectivity index (χ4v) is 2.50. The van der Waals surface area contributed by atoms with E-state index < -0.39 is 5.97 Å². The second-order valence-corrected chi connectivity index (χ2v) is 5.36. The topological polar surface area (TPSA) is 75.6 Å². The molecule has 0 bridgehead atoms. The first kappa shape index (κ1) is 15.5. The molecule has 0 saturated heterocycles. The molecule has 0 radical (unpaired) electrons. The molecule has 0 spiro atoms. The van der Waals surface area contributed by atoms with Crippen molar-refractivity contribution >= 4 is 17.6 Å². The number of carbonyl (C=O) groups is 2. The average Bonchev–Trinajstić information content (AvgIpc) is 2.97. The van der Waals surface area contributed by atoms with Gasteiger partial charge in [0.15, 0.2) is 0 Å². The third-order valence-corrected chi connectivity index (χ3v) is 3.59. The van der Waals surface area contributed by atoms with Gasteiger partial charge in [-0.25, -0.2) is 0 Å². The molecule has 114 valence electrons. The number of amides is 1. The van der Waals surface area contributed by atoms with Gasteiger partial charge >= 0.3 is 5.97 Å². The first-order valence-electron chi connectivity index (χ1n) is 7.35. The van der Waals surface area contributed by atoms with E-state index in [-0.39, 0.29) is 25.0 Å². The highest BCUT2D eigenvalue weighted by atomic mass is 16.5. The highest BCUT2D eigenvalue weighted by Gasteiger charge is 2.16. The van der Waals surface area contributed by atoms with E-state index in [4.69, 9.17) is 9.84 Å². The van der Waals surface area contributed by atoms with E-state index in [1.807, 2.05) is 12.1 Å². The van der Waals surface area contributed by atoms with Crippen molar-refractivity contribution in [3.05, 3.63) is 29.8 Å². The van der Waals surface area contributed by atoms with Gasteiger partial charge in [-0.2, -0.15) is 0 Å². The first-order valence-corrected chi connectivity index (χ1v) is 7.35. The van der Waals surface area contributed by atoms with Crippen molar-refractivity contribution < 1.29 is 19.4 Å². The van der Waals surface area contributed by atoms with Crippen LogP contribution in [0.15, 0.2) is 24.3 Å². The van der Waals surface area contributed by atoms with Crippen LogP contribution in [0.1, 0.15) is 37.7 Å². The molecule has 1 aliphatic carbocycles. The van der Waals surface area contributed by atoms with Crippen LogP contribution in [-0.2, 0) is 20.7 Å². The molecule has 5 heteroatoms. The Kier molecular flexibility index (Phi) is 5.75. The predicted octanol–water partition coefficient (Wildman–Crippen LogP) is 2.60. The van der Waals surface area contributed by atoms with Crippen LogP contribution in [0.25, 0.3) is 0 Å². The van der Waals surface area contributed by atoms with Crippen molar-refractivity contribution in [2.45, 2.75) is 44.6 Å².